The Morgan fingerprint density at radius 2 is 2.24 bits per heavy atom. The van der Waals surface area contributed by atoms with Crippen LogP contribution in [0.1, 0.15) is 31.2 Å². The Kier molecular flexibility index (Phi) is 6.59. The molecule has 1 aliphatic rings. The third-order valence-electron chi connectivity index (χ3n) is 3.84. The number of aliphatic hydroxyl groups is 1. The highest BCUT2D eigenvalue weighted by Crippen LogP contribution is 2.26. The van der Waals surface area contributed by atoms with E-state index in [9.17, 15) is 0 Å². The van der Waals surface area contributed by atoms with E-state index in [4.69, 9.17) is 9.84 Å². The maximum absolute atomic E-state index is 8.72. The molecule has 1 fully saturated rings. The monoisotopic (exact) mass is 287 g/mol. The summed E-state index contributed by atoms with van der Waals surface area (Å²) in [5, 5.41) is 8.72. The number of aliphatic hydroxyl groups excluding tert-OH is 1. The van der Waals surface area contributed by atoms with E-state index in [2.05, 4.69) is 23.8 Å². The van der Waals surface area contributed by atoms with Gasteiger partial charge in [0.1, 0.15) is 12.4 Å². The van der Waals surface area contributed by atoms with Gasteiger partial charge in [-0.3, -0.25) is 0 Å². The molecule has 0 aliphatic heterocycles. The Morgan fingerprint density at radius 1 is 1.38 bits per heavy atom. The second-order valence-electron chi connectivity index (χ2n) is 5.71. The average molecular weight is 287 g/mol. The first-order chi connectivity index (χ1) is 10.3. The van der Waals surface area contributed by atoms with Crippen molar-refractivity contribution in [2.75, 3.05) is 33.4 Å². The van der Waals surface area contributed by atoms with Gasteiger partial charge in [-0.2, -0.15) is 0 Å². The summed E-state index contributed by atoms with van der Waals surface area (Å²) < 4.78 is 5.80. The summed E-state index contributed by atoms with van der Waals surface area (Å²) >= 11 is 0. The molecule has 0 heterocycles. The lowest BCUT2D eigenvalue weighted by Crippen LogP contribution is -2.32. The molecular weight excluding hydrogens is 262 g/mol. The minimum absolute atomic E-state index is 0.108. The second-order valence-corrected chi connectivity index (χ2v) is 5.71. The molecule has 3 nitrogen and oxygen atoms in total. The Hall–Kier alpha value is -1.50. The summed E-state index contributed by atoms with van der Waals surface area (Å²) in [6.07, 6.45) is 4.69. The number of likely N-dealkylation sites (N-methyl/N-ethyl adjacent to an activating group) is 1. The molecule has 2 rings (SSSR count). The molecule has 1 aromatic rings. The number of hydrogen-bond acceptors (Lipinski definition) is 3. The van der Waals surface area contributed by atoms with Gasteiger partial charge in [0.2, 0.25) is 0 Å². The Labute approximate surface area is 127 Å². The molecular formula is C18H25NO2. The third kappa shape index (κ3) is 5.79. The van der Waals surface area contributed by atoms with Crippen LogP contribution < -0.4 is 4.74 Å². The fourth-order valence-electron chi connectivity index (χ4n) is 2.41. The molecule has 3 heteroatoms. The molecule has 1 aliphatic carbocycles. The van der Waals surface area contributed by atoms with Gasteiger partial charge in [-0.15, -0.1) is 0 Å². The summed E-state index contributed by atoms with van der Waals surface area (Å²) in [6.45, 7) is 2.96. The van der Waals surface area contributed by atoms with Gasteiger partial charge in [0.05, 0.1) is 6.61 Å². The summed E-state index contributed by atoms with van der Waals surface area (Å²) in [6, 6.07) is 7.83. The Morgan fingerprint density at radius 3 is 2.95 bits per heavy atom. The van der Waals surface area contributed by atoms with Crippen molar-refractivity contribution in [2.45, 2.75) is 25.7 Å². The van der Waals surface area contributed by atoms with Crippen LogP contribution in [0, 0.1) is 17.8 Å². The lowest BCUT2D eigenvalue weighted by atomic mass is 9.85. The van der Waals surface area contributed by atoms with Crippen molar-refractivity contribution >= 4 is 0 Å². The standard InChI is InChI=1S/C18H25NO2/c1-19(15-17-8-4-9-17)11-13-21-18-10-5-7-16(14-18)6-2-3-12-20/h5,7,10,14,17,20H,3-4,8-9,11-13,15H2,1H3. The smallest absolute Gasteiger partial charge is 0.120 e. The molecule has 1 saturated carbocycles. The molecule has 1 N–H and O–H groups in total. The van der Waals surface area contributed by atoms with E-state index in [-0.39, 0.29) is 6.61 Å². The molecule has 0 spiro atoms. The van der Waals surface area contributed by atoms with Crippen molar-refractivity contribution in [1.82, 2.24) is 4.90 Å². The molecule has 21 heavy (non-hydrogen) atoms. The van der Waals surface area contributed by atoms with Crippen LogP contribution in [0.5, 0.6) is 5.75 Å². The number of hydrogen-bond donors (Lipinski definition) is 1. The van der Waals surface area contributed by atoms with Gasteiger partial charge in [-0.05, 0) is 44.0 Å². The van der Waals surface area contributed by atoms with Crippen molar-refractivity contribution < 1.29 is 9.84 Å². The number of rotatable bonds is 7. The van der Waals surface area contributed by atoms with Crippen LogP contribution in [0.3, 0.4) is 0 Å². The zero-order chi connectivity index (χ0) is 14.9. The van der Waals surface area contributed by atoms with Gasteiger partial charge in [-0.25, -0.2) is 0 Å². The molecule has 0 atom stereocenters. The van der Waals surface area contributed by atoms with Crippen LogP contribution in [0.4, 0.5) is 0 Å². The van der Waals surface area contributed by atoms with Crippen LogP contribution in [0.25, 0.3) is 0 Å². The summed E-state index contributed by atoms with van der Waals surface area (Å²) in [5.74, 6) is 7.72. The fourth-order valence-corrected chi connectivity index (χ4v) is 2.41. The van der Waals surface area contributed by atoms with E-state index in [1.54, 1.807) is 0 Å². The maximum atomic E-state index is 8.72. The number of ether oxygens (including phenoxy) is 1. The molecule has 0 saturated heterocycles. The summed E-state index contributed by atoms with van der Waals surface area (Å²) in [4.78, 5) is 2.36. The molecule has 114 valence electrons. The van der Waals surface area contributed by atoms with Crippen molar-refractivity contribution in [3.05, 3.63) is 29.8 Å². The van der Waals surface area contributed by atoms with E-state index in [1.807, 2.05) is 24.3 Å². The van der Waals surface area contributed by atoms with Gasteiger partial charge in [0.15, 0.2) is 0 Å². The lowest BCUT2D eigenvalue weighted by Gasteiger charge is -2.30. The fraction of sp³-hybridized carbons (Fsp3) is 0.556. The summed E-state index contributed by atoms with van der Waals surface area (Å²) in [5.41, 5.74) is 0.934. The second kappa shape index (κ2) is 8.71. The van der Waals surface area contributed by atoms with Crippen molar-refractivity contribution in [1.29, 1.82) is 0 Å². The zero-order valence-corrected chi connectivity index (χ0v) is 12.8. The average Bonchev–Trinajstić information content (AvgIpc) is 2.44. The van der Waals surface area contributed by atoms with Crippen LogP contribution in [-0.2, 0) is 0 Å². The third-order valence-corrected chi connectivity index (χ3v) is 3.84. The first kappa shape index (κ1) is 15.9. The highest BCUT2D eigenvalue weighted by Gasteiger charge is 2.18. The minimum atomic E-state index is 0.108. The van der Waals surface area contributed by atoms with Crippen molar-refractivity contribution in [3.8, 4) is 17.6 Å². The largest absolute Gasteiger partial charge is 0.492 e. The highest BCUT2D eigenvalue weighted by molar-refractivity contribution is 5.39. The van der Waals surface area contributed by atoms with Gasteiger partial charge < -0.3 is 14.7 Å². The zero-order valence-electron chi connectivity index (χ0n) is 12.8. The molecule has 0 unspecified atom stereocenters. The van der Waals surface area contributed by atoms with Crippen molar-refractivity contribution in [3.63, 3.8) is 0 Å². The highest BCUT2D eigenvalue weighted by atomic mass is 16.5. The summed E-state index contributed by atoms with van der Waals surface area (Å²) in [7, 11) is 2.17. The van der Waals surface area contributed by atoms with E-state index in [1.165, 1.54) is 25.8 Å². The molecule has 0 radical (unpaired) electrons. The van der Waals surface area contributed by atoms with Gasteiger partial charge in [-0.1, -0.05) is 24.3 Å². The lowest BCUT2D eigenvalue weighted by molar-refractivity contribution is 0.177. The van der Waals surface area contributed by atoms with Crippen LogP contribution >= 0.6 is 0 Å². The Bertz CT molecular complexity index is 485. The topological polar surface area (TPSA) is 32.7 Å². The number of benzene rings is 1. The molecule has 1 aromatic carbocycles. The van der Waals surface area contributed by atoms with Crippen LogP contribution in [-0.4, -0.2) is 43.4 Å². The van der Waals surface area contributed by atoms with E-state index < -0.39 is 0 Å². The maximum Gasteiger partial charge on any atom is 0.120 e. The predicted molar refractivity (Wildman–Crippen MR) is 85.4 cm³/mol. The predicted octanol–water partition coefficient (Wildman–Crippen LogP) is 2.53. The quantitative estimate of drug-likeness (QED) is 0.782. The first-order valence-corrected chi connectivity index (χ1v) is 7.79. The molecule has 0 aromatic heterocycles. The van der Waals surface area contributed by atoms with E-state index in [0.29, 0.717) is 13.0 Å². The van der Waals surface area contributed by atoms with Crippen LogP contribution in [0.15, 0.2) is 24.3 Å². The minimum Gasteiger partial charge on any atom is -0.492 e. The SMILES string of the molecule is CN(CCOc1cccc(C#CCCO)c1)CC1CCC1. The van der Waals surface area contributed by atoms with Crippen LogP contribution in [0.2, 0.25) is 0 Å². The van der Waals surface area contributed by atoms with E-state index >= 15 is 0 Å². The normalized spacial score (nSPS) is 14.4. The van der Waals surface area contributed by atoms with Gasteiger partial charge in [0.25, 0.3) is 0 Å². The van der Waals surface area contributed by atoms with E-state index in [0.717, 1.165) is 23.8 Å². The molecule has 0 bridgehead atoms. The van der Waals surface area contributed by atoms with Gasteiger partial charge in [0, 0.05) is 25.1 Å². The first-order valence-electron chi connectivity index (χ1n) is 7.79. The molecule has 0 amide bonds. The number of nitrogens with zero attached hydrogens (tertiary/aromatic N) is 1. The van der Waals surface area contributed by atoms with Crippen molar-refractivity contribution in [2.24, 2.45) is 5.92 Å². The van der Waals surface area contributed by atoms with Gasteiger partial charge >= 0.3 is 0 Å². The Balaban J connectivity index is 1.72.